The Hall–Kier alpha value is -3.88. The van der Waals surface area contributed by atoms with E-state index < -0.39 is 10.0 Å². The lowest BCUT2D eigenvalue weighted by atomic mass is 10.1. The van der Waals surface area contributed by atoms with Crippen LogP contribution in [-0.4, -0.2) is 28.5 Å². The number of hydrogen-bond acceptors (Lipinski definition) is 8. The van der Waals surface area contributed by atoms with Gasteiger partial charge in [0.05, 0.1) is 16.2 Å². The molecule has 0 amide bonds. The smallest absolute Gasteiger partial charge is 0.263 e. The Balaban J connectivity index is 1.69. The van der Waals surface area contributed by atoms with E-state index in [1.165, 1.54) is 25.1 Å². The molecule has 12 heteroatoms. The maximum atomic E-state index is 12.7. The van der Waals surface area contributed by atoms with E-state index in [2.05, 4.69) is 24.8 Å². The summed E-state index contributed by atoms with van der Waals surface area (Å²) in [7, 11) is -2.25. The summed E-state index contributed by atoms with van der Waals surface area (Å²) in [6, 6.07) is 12.7. The molecule has 2 heterocycles. The number of aromatic nitrogens is 4. The summed E-state index contributed by atoms with van der Waals surface area (Å²) in [4.78, 5) is -0.147. The Morgan fingerprint density at radius 2 is 1.94 bits per heavy atom. The van der Waals surface area contributed by atoms with Gasteiger partial charge in [0, 0.05) is 23.8 Å². The van der Waals surface area contributed by atoms with Gasteiger partial charge in [-0.15, -0.1) is 0 Å². The van der Waals surface area contributed by atoms with Crippen LogP contribution in [0.3, 0.4) is 0 Å². The molecule has 10 nitrogen and oxygen atoms in total. The van der Waals surface area contributed by atoms with E-state index in [1.807, 2.05) is 6.07 Å². The minimum absolute atomic E-state index is 0.0220. The fraction of sp³-hybridized carbons (Fsp3) is 0.100. The highest BCUT2D eigenvalue weighted by atomic mass is 35.5. The zero-order valence-electron chi connectivity index (χ0n) is 16.8. The van der Waals surface area contributed by atoms with Crippen LogP contribution < -0.4 is 9.46 Å². The standard InChI is InChI=1S/C20H15ClN6O4S/c1-12-20(25-31-24-12)26-32(28,29)15-4-6-18(13(9-15)11-22)30-19-5-3-14(21)10-16(19)17-7-8-23-27(17)2/h3-10H,1-2H3,(H,25,26). The summed E-state index contributed by atoms with van der Waals surface area (Å²) in [5.41, 5.74) is 1.71. The summed E-state index contributed by atoms with van der Waals surface area (Å²) in [5.74, 6) is 0.565. The molecule has 0 fully saturated rings. The molecule has 2 aromatic heterocycles. The van der Waals surface area contributed by atoms with Gasteiger partial charge in [0.2, 0.25) is 5.82 Å². The third kappa shape index (κ3) is 4.14. The minimum atomic E-state index is -4.03. The van der Waals surface area contributed by atoms with E-state index >= 15 is 0 Å². The van der Waals surface area contributed by atoms with Crippen LogP contribution >= 0.6 is 11.6 Å². The molecule has 0 bridgehead atoms. The number of aryl methyl sites for hydroxylation is 2. The largest absolute Gasteiger partial charge is 0.455 e. The van der Waals surface area contributed by atoms with Crippen molar-refractivity contribution in [2.75, 3.05) is 4.72 Å². The molecule has 0 spiro atoms. The minimum Gasteiger partial charge on any atom is -0.455 e. The zero-order chi connectivity index (χ0) is 22.9. The number of nitrogens with one attached hydrogen (secondary N) is 1. The molecule has 4 rings (SSSR count). The van der Waals surface area contributed by atoms with Crippen LogP contribution in [0.2, 0.25) is 5.02 Å². The van der Waals surface area contributed by atoms with Crippen molar-refractivity contribution in [2.24, 2.45) is 7.05 Å². The quantitative estimate of drug-likeness (QED) is 0.448. The summed E-state index contributed by atoms with van der Waals surface area (Å²) in [6.07, 6.45) is 1.64. The number of anilines is 1. The number of sulfonamides is 1. The lowest BCUT2D eigenvalue weighted by molar-refractivity contribution is 0.306. The average molecular weight is 471 g/mol. The number of rotatable bonds is 6. The fourth-order valence-corrected chi connectivity index (χ4v) is 4.16. The Bertz CT molecular complexity index is 1450. The number of halogens is 1. The molecule has 162 valence electrons. The van der Waals surface area contributed by atoms with Crippen molar-refractivity contribution in [3.05, 3.63) is 64.9 Å². The number of nitrogens with zero attached hydrogens (tertiary/aromatic N) is 5. The van der Waals surface area contributed by atoms with Crippen LogP contribution in [0.15, 0.2) is 58.2 Å². The van der Waals surface area contributed by atoms with Crippen molar-refractivity contribution in [3.8, 4) is 28.8 Å². The second-order valence-electron chi connectivity index (χ2n) is 6.66. The second kappa shape index (κ2) is 8.33. The maximum Gasteiger partial charge on any atom is 0.263 e. The van der Waals surface area contributed by atoms with Crippen molar-refractivity contribution in [2.45, 2.75) is 11.8 Å². The summed E-state index contributed by atoms with van der Waals surface area (Å²) < 4.78 is 39.8. The fourth-order valence-electron chi connectivity index (χ4n) is 2.91. The first-order chi connectivity index (χ1) is 15.3. The number of nitriles is 1. The molecule has 4 aromatic rings. The van der Waals surface area contributed by atoms with Crippen LogP contribution in [0.4, 0.5) is 5.82 Å². The molecular weight excluding hydrogens is 456 g/mol. The predicted octanol–water partition coefficient (Wildman–Crippen LogP) is 3.90. The van der Waals surface area contributed by atoms with E-state index in [9.17, 15) is 13.7 Å². The molecule has 0 saturated carbocycles. The van der Waals surface area contributed by atoms with Crippen molar-refractivity contribution in [1.29, 1.82) is 5.26 Å². The van der Waals surface area contributed by atoms with Gasteiger partial charge >= 0.3 is 0 Å². The normalized spacial score (nSPS) is 11.2. The molecular formula is C20H15ClN6O4S. The molecule has 0 unspecified atom stereocenters. The van der Waals surface area contributed by atoms with Crippen LogP contribution in [0, 0.1) is 18.3 Å². The first-order valence-corrected chi connectivity index (χ1v) is 11.0. The van der Waals surface area contributed by atoms with Crippen LogP contribution in [0.5, 0.6) is 11.5 Å². The average Bonchev–Trinajstić information content (AvgIpc) is 3.37. The third-order valence-corrected chi connectivity index (χ3v) is 6.10. The molecule has 0 saturated heterocycles. The monoisotopic (exact) mass is 470 g/mol. The zero-order valence-corrected chi connectivity index (χ0v) is 18.3. The van der Waals surface area contributed by atoms with Gasteiger partial charge in [-0.3, -0.25) is 9.40 Å². The van der Waals surface area contributed by atoms with Crippen LogP contribution in [-0.2, 0) is 17.1 Å². The highest BCUT2D eigenvalue weighted by Crippen LogP contribution is 2.36. The predicted molar refractivity (Wildman–Crippen MR) is 115 cm³/mol. The van der Waals surface area contributed by atoms with E-state index in [0.717, 1.165) is 5.69 Å². The highest BCUT2D eigenvalue weighted by molar-refractivity contribution is 7.92. The van der Waals surface area contributed by atoms with Gasteiger partial charge < -0.3 is 4.74 Å². The van der Waals surface area contributed by atoms with E-state index in [0.29, 0.717) is 16.3 Å². The molecule has 0 atom stereocenters. The van der Waals surface area contributed by atoms with E-state index in [-0.39, 0.29) is 27.7 Å². The second-order valence-corrected chi connectivity index (χ2v) is 8.77. The van der Waals surface area contributed by atoms with Gasteiger partial charge in [-0.2, -0.15) is 10.4 Å². The first-order valence-electron chi connectivity index (χ1n) is 9.10. The molecule has 0 aliphatic carbocycles. The van der Waals surface area contributed by atoms with Crippen LogP contribution in [0.1, 0.15) is 11.3 Å². The molecule has 2 aromatic carbocycles. The van der Waals surface area contributed by atoms with Crippen molar-refractivity contribution < 1.29 is 17.8 Å². The van der Waals surface area contributed by atoms with Crippen molar-refractivity contribution >= 4 is 27.4 Å². The van der Waals surface area contributed by atoms with Crippen molar-refractivity contribution in [1.82, 2.24) is 20.1 Å². The van der Waals surface area contributed by atoms with E-state index in [1.54, 1.807) is 42.2 Å². The van der Waals surface area contributed by atoms with Gasteiger partial charge in [0.15, 0.2) is 0 Å². The Labute approximate surface area is 188 Å². The molecule has 32 heavy (non-hydrogen) atoms. The van der Waals surface area contributed by atoms with E-state index in [4.69, 9.17) is 16.3 Å². The Morgan fingerprint density at radius 3 is 2.59 bits per heavy atom. The van der Waals surface area contributed by atoms with Gasteiger partial charge in [0.25, 0.3) is 10.0 Å². The maximum absolute atomic E-state index is 12.7. The molecule has 1 N–H and O–H groups in total. The van der Waals surface area contributed by atoms with Gasteiger partial charge in [0.1, 0.15) is 23.3 Å². The lowest BCUT2D eigenvalue weighted by Gasteiger charge is -2.14. The highest BCUT2D eigenvalue weighted by Gasteiger charge is 2.21. The molecule has 0 aliphatic rings. The van der Waals surface area contributed by atoms with Crippen molar-refractivity contribution in [3.63, 3.8) is 0 Å². The third-order valence-electron chi connectivity index (χ3n) is 4.52. The molecule has 0 radical (unpaired) electrons. The first kappa shape index (κ1) is 21.4. The summed E-state index contributed by atoms with van der Waals surface area (Å²) in [6.45, 7) is 1.54. The lowest BCUT2D eigenvalue weighted by Crippen LogP contribution is -2.14. The Morgan fingerprint density at radius 1 is 1.16 bits per heavy atom. The number of benzene rings is 2. The van der Waals surface area contributed by atoms with Gasteiger partial charge in [-0.1, -0.05) is 16.8 Å². The molecule has 0 aliphatic heterocycles. The van der Waals surface area contributed by atoms with Crippen LogP contribution in [0.25, 0.3) is 11.3 Å². The SMILES string of the molecule is Cc1nonc1NS(=O)(=O)c1ccc(Oc2ccc(Cl)cc2-c2ccnn2C)c(C#N)c1. The van der Waals surface area contributed by atoms with Gasteiger partial charge in [-0.05, 0) is 54.5 Å². The number of ether oxygens (including phenoxy) is 1. The Kier molecular flexibility index (Phi) is 5.56. The summed E-state index contributed by atoms with van der Waals surface area (Å²) in [5, 5.41) is 21.3. The topological polar surface area (TPSA) is 136 Å². The number of hydrogen-bond donors (Lipinski definition) is 1. The van der Waals surface area contributed by atoms with Gasteiger partial charge in [-0.25, -0.2) is 13.0 Å². The summed E-state index contributed by atoms with van der Waals surface area (Å²) >= 11 is 6.16.